The standard InChI is InChI=1S/C7H14O2S/c1-4-10(5-2)6(3)7(8)9/h6H,4-5H2,1-3H3. The van der Waals surface area contributed by atoms with E-state index in [2.05, 4.69) is 0 Å². The average Bonchev–Trinajstić information content (AvgIpc) is 1.90. The molecule has 0 heterocycles. The van der Waals surface area contributed by atoms with Crippen LogP contribution in [0.2, 0.25) is 0 Å². The molecule has 0 saturated heterocycles. The Morgan fingerprint density at radius 3 is 2.00 bits per heavy atom. The number of aliphatic carboxylic acids is 1. The van der Waals surface area contributed by atoms with Crippen molar-refractivity contribution in [3.63, 3.8) is 0 Å². The van der Waals surface area contributed by atoms with E-state index in [-0.39, 0.29) is 16.1 Å². The summed E-state index contributed by atoms with van der Waals surface area (Å²) in [6.45, 7) is 5.77. The summed E-state index contributed by atoms with van der Waals surface area (Å²) in [4.78, 5) is 10.4. The van der Waals surface area contributed by atoms with E-state index in [1.807, 2.05) is 13.8 Å². The van der Waals surface area contributed by atoms with Crippen molar-refractivity contribution in [1.29, 1.82) is 0 Å². The fourth-order valence-electron chi connectivity index (χ4n) is 0.840. The summed E-state index contributed by atoms with van der Waals surface area (Å²) in [5, 5.41) is 10.1. The molecular weight excluding hydrogens is 148 g/mol. The molecule has 0 rings (SSSR count). The summed E-state index contributed by atoms with van der Waals surface area (Å²) in [5.74, 6) is 0.990. The maximum atomic E-state index is 10.4. The Bertz CT molecular complexity index is 110. The molecule has 0 aliphatic carbocycles. The highest BCUT2D eigenvalue weighted by atomic mass is 32.2. The molecule has 2 nitrogen and oxygen atoms in total. The topological polar surface area (TPSA) is 40.1 Å². The molecule has 0 fully saturated rings. The second-order valence-electron chi connectivity index (χ2n) is 2.08. The van der Waals surface area contributed by atoms with Gasteiger partial charge in [0, 0.05) is 0 Å². The third-order valence-electron chi connectivity index (χ3n) is 1.57. The molecule has 0 aromatic carbocycles. The van der Waals surface area contributed by atoms with Crippen molar-refractivity contribution in [3.05, 3.63) is 0 Å². The van der Waals surface area contributed by atoms with Gasteiger partial charge >= 0.3 is 0 Å². The van der Waals surface area contributed by atoms with Crippen molar-refractivity contribution < 1.29 is 9.90 Å². The Morgan fingerprint density at radius 1 is 1.50 bits per heavy atom. The summed E-state index contributed by atoms with van der Waals surface area (Å²) in [7, 11) is 0.0247. The second kappa shape index (κ2) is 4.61. The van der Waals surface area contributed by atoms with E-state index >= 15 is 0 Å². The summed E-state index contributed by atoms with van der Waals surface area (Å²) < 4.78 is 0. The molecule has 60 valence electrons. The van der Waals surface area contributed by atoms with Crippen LogP contribution < -0.4 is 5.11 Å². The van der Waals surface area contributed by atoms with Crippen LogP contribution in [0.5, 0.6) is 0 Å². The lowest BCUT2D eigenvalue weighted by Crippen LogP contribution is -2.40. The van der Waals surface area contributed by atoms with Gasteiger partial charge in [-0.15, -0.1) is 0 Å². The lowest BCUT2D eigenvalue weighted by Gasteiger charge is -2.12. The molecule has 0 spiro atoms. The molecule has 0 amide bonds. The lowest BCUT2D eigenvalue weighted by atomic mass is 10.5. The van der Waals surface area contributed by atoms with Crippen LogP contribution in [0.25, 0.3) is 0 Å². The van der Waals surface area contributed by atoms with Gasteiger partial charge < -0.3 is 9.90 Å². The zero-order valence-corrected chi connectivity index (χ0v) is 7.53. The quantitative estimate of drug-likeness (QED) is 0.536. The van der Waals surface area contributed by atoms with Gasteiger partial charge in [0.1, 0.15) is 11.5 Å². The molecule has 0 aromatic heterocycles. The molecule has 3 heteroatoms. The van der Waals surface area contributed by atoms with Gasteiger partial charge in [0.15, 0.2) is 5.25 Å². The van der Waals surface area contributed by atoms with Crippen molar-refractivity contribution in [2.75, 3.05) is 11.5 Å². The summed E-state index contributed by atoms with van der Waals surface area (Å²) >= 11 is 0. The van der Waals surface area contributed by atoms with E-state index in [1.165, 1.54) is 0 Å². The third kappa shape index (κ3) is 2.60. The fourth-order valence-corrected chi connectivity index (χ4v) is 2.52. The van der Waals surface area contributed by atoms with Gasteiger partial charge in [-0.1, -0.05) is 0 Å². The minimum atomic E-state index is -0.910. The van der Waals surface area contributed by atoms with Crippen LogP contribution in [0.1, 0.15) is 20.8 Å². The monoisotopic (exact) mass is 162 g/mol. The van der Waals surface area contributed by atoms with E-state index in [9.17, 15) is 9.90 Å². The zero-order chi connectivity index (χ0) is 8.15. The number of hydrogen-bond donors (Lipinski definition) is 0. The average molecular weight is 162 g/mol. The number of carboxylic acids is 1. The molecular formula is C7H14O2S. The van der Waals surface area contributed by atoms with Crippen molar-refractivity contribution in [2.24, 2.45) is 0 Å². The first-order valence-electron chi connectivity index (χ1n) is 3.50. The van der Waals surface area contributed by atoms with Gasteiger partial charge in [-0.05, 0) is 31.7 Å². The van der Waals surface area contributed by atoms with Crippen molar-refractivity contribution in [3.8, 4) is 0 Å². The van der Waals surface area contributed by atoms with E-state index in [0.29, 0.717) is 0 Å². The number of carbonyl (C=O) groups excluding carboxylic acids is 1. The smallest absolute Gasteiger partial charge is 0.154 e. The maximum absolute atomic E-state index is 10.4. The van der Waals surface area contributed by atoms with Crippen molar-refractivity contribution in [1.82, 2.24) is 0 Å². The van der Waals surface area contributed by atoms with Crippen LogP contribution in [0.3, 0.4) is 0 Å². The number of hydrogen-bond acceptors (Lipinski definition) is 2. The predicted molar refractivity (Wildman–Crippen MR) is 42.9 cm³/mol. The zero-order valence-electron chi connectivity index (χ0n) is 6.72. The van der Waals surface area contributed by atoms with Crippen molar-refractivity contribution in [2.45, 2.75) is 26.0 Å². The van der Waals surface area contributed by atoms with Crippen molar-refractivity contribution >= 4 is 16.9 Å². The molecule has 0 radical (unpaired) electrons. The summed E-state index contributed by atoms with van der Waals surface area (Å²) in [5.41, 5.74) is 0. The van der Waals surface area contributed by atoms with Gasteiger partial charge in [-0.2, -0.15) is 0 Å². The lowest BCUT2D eigenvalue weighted by molar-refractivity contribution is -0.304. The highest BCUT2D eigenvalue weighted by Crippen LogP contribution is 2.04. The van der Waals surface area contributed by atoms with Crippen LogP contribution in [0.4, 0.5) is 0 Å². The molecule has 1 atom stereocenters. The van der Waals surface area contributed by atoms with Crippen LogP contribution >= 0.6 is 0 Å². The van der Waals surface area contributed by atoms with Gasteiger partial charge in [0.05, 0.1) is 5.97 Å². The molecule has 0 saturated carbocycles. The third-order valence-corrected chi connectivity index (χ3v) is 4.25. The van der Waals surface area contributed by atoms with Crippen LogP contribution in [0.15, 0.2) is 0 Å². The SMILES string of the molecule is CC[S+](CC)C(C)C(=O)[O-]. The Balaban J connectivity index is 3.88. The molecule has 1 unspecified atom stereocenters. The molecule has 0 aromatic rings. The molecule has 0 bridgehead atoms. The predicted octanol–water partition coefficient (Wildman–Crippen LogP) is -0.217. The van der Waals surface area contributed by atoms with Crippen LogP contribution in [-0.2, 0) is 15.7 Å². The first kappa shape index (κ1) is 9.82. The van der Waals surface area contributed by atoms with E-state index < -0.39 is 5.97 Å². The first-order valence-corrected chi connectivity index (χ1v) is 5.13. The Morgan fingerprint density at radius 2 is 1.90 bits per heavy atom. The highest BCUT2D eigenvalue weighted by molar-refractivity contribution is 7.98. The van der Waals surface area contributed by atoms with Crippen LogP contribution in [0, 0.1) is 0 Å². The van der Waals surface area contributed by atoms with Crippen LogP contribution in [-0.4, -0.2) is 22.7 Å². The number of carbonyl (C=O) groups is 1. The minimum absolute atomic E-state index is 0.0247. The molecule has 10 heavy (non-hydrogen) atoms. The van der Waals surface area contributed by atoms with E-state index in [4.69, 9.17) is 0 Å². The Hall–Kier alpha value is -0.180. The number of carboxylic acid groups (broad SMARTS) is 1. The van der Waals surface area contributed by atoms with Gasteiger partial charge in [-0.3, -0.25) is 0 Å². The molecule has 0 N–H and O–H groups in total. The summed E-state index contributed by atoms with van der Waals surface area (Å²) in [6, 6.07) is 0. The van der Waals surface area contributed by atoms with E-state index in [1.54, 1.807) is 6.92 Å². The highest BCUT2D eigenvalue weighted by Gasteiger charge is 2.22. The maximum Gasteiger partial charge on any atom is 0.154 e. The summed E-state index contributed by atoms with van der Waals surface area (Å²) in [6.07, 6.45) is 0. The number of rotatable bonds is 4. The Labute approximate surface area is 65.0 Å². The minimum Gasteiger partial charge on any atom is -0.545 e. The first-order chi connectivity index (χ1) is 4.63. The fraction of sp³-hybridized carbons (Fsp3) is 0.857. The Kier molecular flexibility index (Phi) is 4.52. The largest absolute Gasteiger partial charge is 0.545 e. The van der Waals surface area contributed by atoms with Gasteiger partial charge in [0.2, 0.25) is 0 Å². The normalized spacial score (nSPS) is 13.6. The second-order valence-corrected chi connectivity index (χ2v) is 5.01. The van der Waals surface area contributed by atoms with Gasteiger partial charge in [-0.25, -0.2) is 0 Å². The molecule has 0 aliphatic rings. The van der Waals surface area contributed by atoms with E-state index in [0.717, 1.165) is 11.5 Å². The van der Waals surface area contributed by atoms with Gasteiger partial charge in [0.25, 0.3) is 0 Å². The molecule has 0 aliphatic heterocycles.